The van der Waals surface area contributed by atoms with Gasteiger partial charge in [-0.3, -0.25) is 0 Å². The van der Waals surface area contributed by atoms with Crippen LogP contribution in [-0.2, 0) is 0 Å². The molecule has 3 heteroatoms. The third kappa shape index (κ3) is 2.26. The summed E-state index contributed by atoms with van der Waals surface area (Å²) in [5.41, 5.74) is 6.41. The van der Waals surface area contributed by atoms with E-state index in [0.717, 1.165) is 6.42 Å². The van der Waals surface area contributed by atoms with E-state index in [1.807, 2.05) is 0 Å². The molecule has 0 saturated carbocycles. The second-order valence-electron chi connectivity index (χ2n) is 3.19. The highest BCUT2D eigenvalue weighted by Gasteiger charge is 2.12. The Morgan fingerprint density at radius 2 is 2.14 bits per heavy atom. The van der Waals surface area contributed by atoms with Crippen molar-refractivity contribution in [2.45, 2.75) is 18.9 Å². The summed E-state index contributed by atoms with van der Waals surface area (Å²) in [7, 11) is 0. The molecule has 0 spiro atoms. The molecule has 0 bridgehead atoms. The fourth-order valence-corrected chi connectivity index (χ4v) is 1.30. The third-order valence-corrected chi connectivity index (χ3v) is 2.13. The topological polar surface area (TPSA) is 66.5 Å². The van der Waals surface area contributed by atoms with Crippen LogP contribution in [-0.4, -0.2) is 10.2 Å². The zero-order valence-corrected chi connectivity index (χ0v) is 7.98. The summed E-state index contributed by atoms with van der Waals surface area (Å²) < 4.78 is 0. The van der Waals surface area contributed by atoms with Crippen molar-refractivity contribution in [3.63, 3.8) is 0 Å². The lowest BCUT2D eigenvalue weighted by Crippen LogP contribution is -2.09. The summed E-state index contributed by atoms with van der Waals surface area (Å²) in [6, 6.07) is 4.54. The average Bonchev–Trinajstić information content (AvgIpc) is 2.18. The van der Waals surface area contributed by atoms with Crippen molar-refractivity contribution < 1.29 is 10.2 Å². The van der Waals surface area contributed by atoms with Gasteiger partial charge in [0, 0.05) is 11.6 Å². The minimum Gasteiger partial charge on any atom is -0.504 e. The lowest BCUT2D eigenvalue weighted by Gasteiger charge is -2.12. The third-order valence-electron chi connectivity index (χ3n) is 2.13. The van der Waals surface area contributed by atoms with E-state index in [-0.39, 0.29) is 17.5 Å². The number of benzene rings is 1. The van der Waals surface area contributed by atoms with Gasteiger partial charge in [0.15, 0.2) is 11.5 Å². The van der Waals surface area contributed by atoms with Gasteiger partial charge < -0.3 is 15.9 Å². The quantitative estimate of drug-likeness (QED) is 0.506. The standard InChI is InChI=1S/C11H15NO2/c1-2-3-6-9(12)8-5-4-7-10(13)11(8)14/h2,4-5,7,9,13-14H,1,3,6,12H2/t9-/m0/s1. The number of nitrogens with two attached hydrogens (primary N) is 1. The molecule has 0 aliphatic carbocycles. The summed E-state index contributed by atoms with van der Waals surface area (Å²) in [6.07, 6.45) is 3.27. The number of para-hydroxylation sites is 1. The maximum absolute atomic E-state index is 9.51. The van der Waals surface area contributed by atoms with Gasteiger partial charge >= 0.3 is 0 Å². The van der Waals surface area contributed by atoms with E-state index in [2.05, 4.69) is 6.58 Å². The fraction of sp³-hybridized carbons (Fsp3) is 0.273. The van der Waals surface area contributed by atoms with E-state index in [1.54, 1.807) is 18.2 Å². The SMILES string of the molecule is C=CCC[C@H](N)c1cccc(O)c1O. The first-order chi connectivity index (χ1) is 6.66. The Bertz CT molecular complexity index is 323. The highest BCUT2D eigenvalue weighted by Crippen LogP contribution is 2.33. The molecule has 0 fully saturated rings. The van der Waals surface area contributed by atoms with E-state index in [9.17, 15) is 10.2 Å². The molecule has 4 N–H and O–H groups in total. The molecular weight excluding hydrogens is 178 g/mol. The van der Waals surface area contributed by atoms with E-state index < -0.39 is 0 Å². The highest BCUT2D eigenvalue weighted by atomic mass is 16.3. The van der Waals surface area contributed by atoms with Crippen LogP contribution in [0.25, 0.3) is 0 Å². The molecule has 1 aromatic carbocycles. The number of phenols is 2. The first kappa shape index (κ1) is 10.6. The van der Waals surface area contributed by atoms with Gasteiger partial charge in [0.25, 0.3) is 0 Å². The second kappa shape index (κ2) is 4.67. The Morgan fingerprint density at radius 1 is 1.43 bits per heavy atom. The Hall–Kier alpha value is -1.48. The van der Waals surface area contributed by atoms with Crippen molar-refractivity contribution in [2.24, 2.45) is 5.73 Å². The molecule has 0 amide bonds. The van der Waals surface area contributed by atoms with Gasteiger partial charge in [-0.25, -0.2) is 0 Å². The van der Waals surface area contributed by atoms with E-state index in [0.29, 0.717) is 12.0 Å². The van der Waals surface area contributed by atoms with Crippen LogP contribution in [0.1, 0.15) is 24.4 Å². The van der Waals surface area contributed by atoms with Crippen LogP contribution >= 0.6 is 0 Å². The summed E-state index contributed by atoms with van der Waals surface area (Å²) in [4.78, 5) is 0. The molecule has 0 unspecified atom stereocenters. The fourth-order valence-electron chi connectivity index (χ4n) is 1.30. The van der Waals surface area contributed by atoms with Crippen LogP contribution in [0.5, 0.6) is 11.5 Å². The van der Waals surface area contributed by atoms with Crippen LogP contribution in [0, 0.1) is 0 Å². The largest absolute Gasteiger partial charge is 0.504 e. The van der Waals surface area contributed by atoms with Crippen molar-refractivity contribution in [3.8, 4) is 11.5 Å². The van der Waals surface area contributed by atoms with Crippen LogP contribution in [0.2, 0.25) is 0 Å². The molecule has 0 heterocycles. The van der Waals surface area contributed by atoms with Crippen molar-refractivity contribution in [1.82, 2.24) is 0 Å². The monoisotopic (exact) mass is 193 g/mol. The first-order valence-corrected chi connectivity index (χ1v) is 4.54. The van der Waals surface area contributed by atoms with Gasteiger partial charge in [-0.1, -0.05) is 18.2 Å². The number of aromatic hydroxyl groups is 2. The number of hydrogen-bond donors (Lipinski definition) is 3. The normalized spacial score (nSPS) is 12.4. The summed E-state index contributed by atoms with van der Waals surface area (Å²) >= 11 is 0. The Kier molecular flexibility index (Phi) is 3.54. The molecule has 1 rings (SSSR count). The maximum Gasteiger partial charge on any atom is 0.162 e. The van der Waals surface area contributed by atoms with Crippen molar-refractivity contribution in [1.29, 1.82) is 0 Å². The molecule has 76 valence electrons. The zero-order chi connectivity index (χ0) is 10.6. The Balaban J connectivity index is 2.83. The Morgan fingerprint density at radius 3 is 2.79 bits per heavy atom. The molecule has 14 heavy (non-hydrogen) atoms. The molecule has 0 aliphatic heterocycles. The minimum atomic E-state index is -0.264. The van der Waals surface area contributed by atoms with Gasteiger partial charge in [-0.15, -0.1) is 6.58 Å². The van der Waals surface area contributed by atoms with Crippen molar-refractivity contribution >= 4 is 0 Å². The van der Waals surface area contributed by atoms with E-state index in [1.165, 1.54) is 6.07 Å². The molecule has 1 atom stereocenters. The number of phenolic OH excluding ortho intramolecular Hbond substituents is 2. The van der Waals surface area contributed by atoms with Gasteiger partial charge in [-0.05, 0) is 18.9 Å². The van der Waals surface area contributed by atoms with E-state index >= 15 is 0 Å². The van der Waals surface area contributed by atoms with Gasteiger partial charge in [-0.2, -0.15) is 0 Å². The lowest BCUT2D eigenvalue weighted by atomic mass is 10.0. The number of hydrogen-bond acceptors (Lipinski definition) is 3. The van der Waals surface area contributed by atoms with Gasteiger partial charge in [0.2, 0.25) is 0 Å². The van der Waals surface area contributed by atoms with Crippen LogP contribution in [0.15, 0.2) is 30.9 Å². The minimum absolute atomic E-state index is 0.121. The number of allylic oxidation sites excluding steroid dienone is 1. The van der Waals surface area contributed by atoms with Crippen LogP contribution < -0.4 is 5.73 Å². The molecule has 0 radical (unpaired) electrons. The van der Waals surface area contributed by atoms with Crippen molar-refractivity contribution in [2.75, 3.05) is 0 Å². The highest BCUT2D eigenvalue weighted by molar-refractivity contribution is 5.45. The van der Waals surface area contributed by atoms with Crippen LogP contribution in [0.4, 0.5) is 0 Å². The lowest BCUT2D eigenvalue weighted by molar-refractivity contribution is 0.395. The summed E-state index contributed by atoms with van der Waals surface area (Å²) in [5, 5.41) is 18.8. The Labute approximate surface area is 83.5 Å². The molecular formula is C11H15NO2. The maximum atomic E-state index is 9.51. The van der Waals surface area contributed by atoms with E-state index in [4.69, 9.17) is 5.73 Å². The van der Waals surface area contributed by atoms with Gasteiger partial charge in [0.1, 0.15) is 0 Å². The number of rotatable bonds is 4. The summed E-state index contributed by atoms with van der Waals surface area (Å²) in [5.74, 6) is -0.249. The molecule has 0 aliphatic rings. The predicted molar refractivity (Wildman–Crippen MR) is 56.1 cm³/mol. The molecule has 3 nitrogen and oxygen atoms in total. The molecule has 1 aromatic rings. The summed E-state index contributed by atoms with van der Waals surface area (Å²) in [6.45, 7) is 3.60. The zero-order valence-electron chi connectivity index (χ0n) is 7.98. The smallest absolute Gasteiger partial charge is 0.162 e. The average molecular weight is 193 g/mol. The second-order valence-corrected chi connectivity index (χ2v) is 3.19. The predicted octanol–water partition coefficient (Wildman–Crippen LogP) is 2.06. The van der Waals surface area contributed by atoms with Crippen LogP contribution in [0.3, 0.4) is 0 Å². The molecule has 0 saturated heterocycles. The van der Waals surface area contributed by atoms with Crippen molar-refractivity contribution in [3.05, 3.63) is 36.4 Å². The van der Waals surface area contributed by atoms with Gasteiger partial charge in [0.05, 0.1) is 0 Å². The first-order valence-electron chi connectivity index (χ1n) is 4.54. The molecule has 0 aromatic heterocycles.